The van der Waals surface area contributed by atoms with Crippen molar-refractivity contribution in [1.29, 1.82) is 0 Å². The lowest BCUT2D eigenvalue weighted by molar-refractivity contribution is 0.562. The third-order valence-electron chi connectivity index (χ3n) is 5.70. The summed E-state index contributed by atoms with van der Waals surface area (Å²) in [4.78, 5) is 0.584. The van der Waals surface area contributed by atoms with Crippen LogP contribution in [0.15, 0.2) is 62.1 Å². The van der Waals surface area contributed by atoms with Gasteiger partial charge in [0.2, 0.25) is 0 Å². The summed E-state index contributed by atoms with van der Waals surface area (Å²) >= 11 is 0. The van der Waals surface area contributed by atoms with E-state index in [-0.39, 0.29) is 10.6 Å². The molecule has 0 spiro atoms. The van der Waals surface area contributed by atoms with Gasteiger partial charge in [-0.3, -0.25) is 0 Å². The summed E-state index contributed by atoms with van der Waals surface area (Å²) in [6.07, 6.45) is 11.7. The standard InChI is InChI=1S/C26H39NO3S2/c1-4-5-6-7-8-9-10-11-12-13-22-31(28,25-18-14-23(2)15-19-25)27-32(29,30)26-20-16-24(3)17-21-26/h14-21H,4-13,22H2,1-3H3/t31-/m1/s1. The van der Waals surface area contributed by atoms with E-state index in [1.54, 1.807) is 24.3 Å². The van der Waals surface area contributed by atoms with E-state index in [0.717, 1.165) is 24.0 Å². The molecule has 0 fully saturated rings. The summed E-state index contributed by atoms with van der Waals surface area (Å²) in [5.41, 5.74) is 2.00. The van der Waals surface area contributed by atoms with E-state index in [9.17, 15) is 12.6 Å². The lowest BCUT2D eigenvalue weighted by Crippen LogP contribution is -2.11. The van der Waals surface area contributed by atoms with Crippen molar-refractivity contribution in [2.45, 2.75) is 94.8 Å². The summed E-state index contributed by atoms with van der Waals surface area (Å²) in [5.74, 6) is 0.262. The van der Waals surface area contributed by atoms with Crippen LogP contribution in [-0.4, -0.2) is 18.4 Å². The minimum atomic E-state index is -4.01. The number of sulfonamides is 1. The third kappa shape index (κ3) is 8.70. The molecule has 0 saturated heterocycles. The van der Waals surface area contributed by atoms with Crippen molar-refractivity contribution in [3.05, 3.63) is 59.7 Å². The molecular weight excluding hydrogens is 438 g/mol. The van der Waals surface area contributed by atoms with Gasteiger partial charge in [0.25, 0.3) is 10.0 Å². The van der Waals surface area contributed by atoms with Gasteiger partial charge in [0.05, 0.1) is 14.6 Å². The second-order valence-electron chi connectivity index (χ2n) is 8.70. The maximum Gasteiger partial charge on any atom is 0.290 e. The Labute approximate surface area is 196 Å². The van der Waals surface area contributed by atoms with Crippen molar-refractivity contribution in [1.82, 2.24) is 0 Å². The van der Waals surface area contributed by atoms with Crippen LogP contribution in [0.25, 0.3) is 0 Å². The van der Waals surface area contributed by atoms with E-state index >= 15 is 0 Å². The fourth-order valence-electron chi connectivity index (χ4n) is 3.65. The van der Waals surface area contributed by atoms with Gasteiger partial charge >= 0.3 is 0 Å². The molecule has 0 heterocycles. The fourth-order valence-corrected chi connectivity index (χ4v) is 7.77. The molecule has 2 aromatic rings. The highest BCUT2D eigenvalue weighted by molar-refractivity contribution is 8.03. The second kappa shape index (κ2) is 13.1. The first-order valence-electron chi connectivity index (χ1n) is 11.9. The average molecular weight is 478 g/mol. The quantitative estimate of drug-likeness (QED) is 0.266. The molecule has 0 saturated carbocycles. The highest BCUT2D eigenvalue weighted by Gasteiger charge is 2.20. The van der Waals surface area contributed by atoms with E-state index in [1.165, 1.54) is 57.1 Å². The zero-order valence-corrected chi connectivity index (χ0v) is 21.5. The summed E-state index contributed by atoms with van der Waals surface area (Å²) < 4.78 is 43.7. The van der Waals surface area contributed by atoms with E-state index < -0.39 is 19.8 Å². The van der Waals surface area contributed by atoms with Crippen molar-refractivity contribution in [2.24, 2.45) is 3.77 Å². The molecule has 4 nitrogen and oxygen atoms in total. The van der Waals surface area contributed by atoms with Crippen LogP contribution in [-0.2, 0) is 19.8 Å². The molecular formula is C26H39NO3S2. The SMILES string of the molecule is CCCCCCCCCCCC[S@](=O)(=NS(=O)(=O)c1ccc(C)cc1)c1ccc(C)cc1. The van der Waals surface area contributed by atoms with E-state index in [1.807, 2.05) is 26.0 Å². The van der Waals surface area contributed by atoms with Gasteiger partial charge < -0.3 is 0 Å². The number of nitrogens with zero attached hydrogens (tertiary/aromatic N) is 1. The highest BCUT2D eigenvalue weighted by atomic mass is 32.3. The maximum absolute atomic E-state index is 13.8. The van der Waals surface area contributed by atoms with Gasteiger partial charge in [0.15, 0.2) is 0 Å². The van der Waals surface area contributed by atoms with Gasteiger partial charge in [-0.15, -0.1) is 3.77 Å². The zero-order chi connectivity index (χ0) is 23.5. The first kappa shape index (κ1) is 26.6. The average Bonchev–Trinajstić information content (AvgIpc) is 2.75. The lowest BCUT2D eigenvalue weighted by Gasteiger charge is -2.11. The number of hydrogen-bond acceptors (Lipinski definition) is 3. The predicted molar refractivity (Wildman–Crippen MR) is 135 cm³/mol. The molecule has 1 atom stereocenters. The second-order valence-corrected chi connectivity index (χ2v) is 12.9. The largest absolute Gasteiger partial charge is 0.290 e. The Kier molecular flexibility index (Phi) is 10.9. The third-order valence-corrected chi connectivity index (χ3v) is 10.2. The molecule has 2 rings (SSSR count). The fraction of sp³-hybridized carbons (Fsp3) is 0.538. The normalized spacial score (nSPS) is 13.6. The minimum absolute atomic E-state index is 0.0889. The van der Waals surface area contributed by atoms with E-state index in [2.05, 4.69) is 10.7 Å². The topological polar surface area (TPSA) is 63.6 Å². The van der Waals surface area contributed by atoms with Crippen LogP contribution in [0.3, 0.4) is 0 Å². The molecule has 0 aliphatic carbocycles. The molecule has 0 amide bonds. The van der Waals surface area contributed by atoms with Crippen molar-refractivity contribution in [3.63, 3.8) is 0 Å². The van der Waals surface area contributed by atoms with Crippen LogP contribution in [0.5, 0.6) is 0 Å². The Morgan fingerprint density at radius 2 is 1.00 bits per heavy atom. The summed E-state index contributed by atoms with van der Waals surface area (Å²) in [6, 6.07) is 13.8. The Balaban J connectivity index is 2.06. The molecule has 2 aromatic carbocycles. The maximum atomic E-state index is 13.8. The molecule has 6 heteroatoms. The van der Waals surface area contributed by atoms with Gasteiger partial charge in [-0.25, -0.2) is 4.21 Å². The molecule has 0 bridgehead atoms. The van der Waals surface area contributed by atoms with Crippen LogP contribution in [0.1, 0.15) is 82.3 Å². The van der Waals surface area contributed by atoms with E-state index in [0.29, 0.717) is 11.3 Å². The molecule has 0 N–H and O–H groups in total. The van der Waals surface area contributed by atoms with Crippen LogP contribution in [0, 0.1) is 13.8 Å². The highest BCUT2D eigenvalue weighted by Crippen LogP contribution is 2.23. The van der Waals surface area contributed by atoms with Gasteiger partial charge in [0.1, 0.15) is 0 Å². The molecule has 178 valence electrons. The first-order chi connectivity index (χ1) is 15.3. The zero-order valence-electron chi connectivity index (χ0n) is 19.9. The molecule has 0 radical (unpaired) electrons. The Bertz CT molecular complexity index is 1030. The Morgan fingerprint density at radius 1 is 0.594 bits per heavy atom. The minimum Gasteiger partial charge on any atom is -0.244 e. The van der Waals surface area contributed by atoms with Gasteiger partial charge in [-0.05, 0) is 44.5 Å². The molecule has 0 aliphatic heterocycles. The molecule has 0 unspecified atom stereocenters. The summed E-state index contributed by atoms with van der Waals surface area (Å²) in [7, 11) is -7.08. The lowest BCUT2D eigenvalue weighted by atomic mass is 10.1. The van der Waals surface area contributed by atoms with Crippen LogP contribution in [0.2, 0.25) is 0 Å². The summed E-state index contributed by atoms with van der Waals surface area (Å²) in [6.45, 7) is 6.08. The van der Waals surface area contributed by atoms with E-state index in [4.69, 9.17) is 0 Å². The monoisotopic (exact) mass is 477 g/mol. The van der Waals surface area contributed by atoms with Crippen molar-refractivity contribution >= 4 is 19.8 Å². The number of aryl methyl sites for hydroxylation is 2. The number of benzene rings is 2. The number of hydrogen-bond donors (Lipinski definition) is 0. The predicted octanol–water partition coefficient (Wildman–Crippen LogP) is 7.44. The van der Waals surface area contributed by atoms with Gasteiger partial charge in [-0.2, -0.15) is 8.42 Å². The van der Waals surface area contributed by atoms with Crippen LogP contribution < -0.4 is 0 Å². The first-order valence-corrected chi connectivity index (χ1v) is 15.0. The van der Waals surface area contributed by atoms with Crippen LogP contribution >= 0.6 is 0 Å². The van der Waals surface area contributed by atoms with Gasteiger partial charge in [0, 0.05) is 10.6 Å². The van der Waals surface area contributed by atoms with Crippen molar-refractivity contribution in [3.8, 4) is 0 Å². The van der Waals surface area contributed by atoms with Crippen molar-refractivity contribution < 1.29 is 12.6 Å². The smallest absolute Gasteiger partial charge is 0.244 e. The number of unbranched alkanes of at least 4 members (excludes halogenated alkanes) is 9. The van der Waals surface area contributed by atoms with Gasteiger partial charge in [-0.1, -0.05) is 100 Å². The molecule has 32 heavy (non-hydrogen) atoms. The Hall–Kier alpha value is -1.66. The molecule has 0 aliphatic rings. The summed E-state index contributed by atoms with van der Waals surface area (Å²) in [5, 5.41) is 0. The number of rotatable bonds is 14. The van der Waals surface area contributed by atoms with Crippen molar-refractivity contribution in [2.75, 3.05) is 5.75 Å². The van der Waals surface area contributed by atoms with Crippen LogP contribution in [0.4, 0.5) is 0 Å². The Morgan fingerprint density at radius 3 is 1.47 bits per heavy atom. The molecule has 0 aromatic heterocycles.